The van der Waals surface area contributed by atoms with Crippen LogP contribution in [0.5, 0.6) is 0 Å². The Balaban J connectivity index is 1.46. The van der Waals surface area contributed by atoms with E-state index in [1.165, 1.54) is 18.2 Å². The molecule has 0 bridgehead atoms. The van der Waals surface area contributed by atoms with Gasteiger partial charge in [-0.3, -0.25) is 9.48 Å². The van der Waals surface area contributed by atoms with Gasteiger partial charge in [0.15, 0.2) is 5.69 Å². The molecule has 0 spiro atoms. The van der Waals surface area contributed by atoms with Crippen LogP contribution in [0.3, 0.4) is 0 Å². The van der Waals surface area contributed by atoms with Gasteiger partial charge in [-0.05, 0) is 42.5 Å². The molecule has 0 aliphatic rings. The lowest BCUT2D eigenvalue weighted by atomic mass is 10.1. The molecule has 5 aromatic rings. The third-order valence-electron chi connectivity index (χ3n) is 4.81. The Labute approximate surface area is 171 Å². The Morgan fingerprint density at radius 1 is 1.03 bits per heavy atom. The first kappa shape index (κ1) is 17.9. The molecule has 1 amide bonds. The second-order valence-corrected chi connectivity index (χ2v) is 6.92. The molecule has 4 heterocycles. The van der Waals surface area contributed by atoms with Crippen molar-refractivity contribution in [1.82, 2.24) is 24.0 Å². The number of amides is 1. The van der Waals surface area contributed by atoms with Crippen molar-refractivity contribution in [3.05, 3.63) is 90.9 Å². The number of fused-ring (bicyclic) bond motifs is 1. The van der Waals surface area contributed by atoms with Crippen molar-refractivity contribution in [2.24, 2.45) is 7.05 Å². The van der Waals surface area contributed by atoms with Crippen LogP contribution < -0.4 is 5.32 Å². The quantitative estimate of drug-likeness (QED) is 0.497. The fourth-order valence-corrected chi connectivity index (χ4v) is 3.35. The van der Waals surface area contributed by atoms with Gasteiger partial charge in [-0.2, -0.15) is 10.2 Å². The maximum Gasteiger partial charge on any atom is 0.276 e. The molecule has 0 saturated carbocycles. The lowest BCUT2D eigenvalue weighted by Crippen LogP contribution is -2.13. The zero-order chi connectivity index (χ0) is 20.7. The normalized spacial score (nSPS) is 11.1. The van der Waals surface area contributed by atoms with Gasteiger partial charge in [0.2, 0.25) is 0 Å². The van der Waals surface area contributed by atoms with E-state index in [9.17, 15) is 9.18 Å². The number of carbonyl (C=O) groups excluding carboxylic acids is 1. The van der Waals surface area contributed by atoms with Gasteiger partial charge in [0.1, 0.15) is 11.6 Å². The predicted molar refractivity (Wildman–Crippen MR) is 111 cm³/mol. The molecular weight excluding hydrogens is 383 g/mol. The number of pyridine rings is 1. The fourth-order valence-electron chi connectivity index (χ4n) is 3.35. The number of hydrogen-bond donors (Lipinski definition) is 1. The van der Waals surface area contributed by atoms with Gasteiger partial charge in [0.25, 0.3) is 5.91 Å². The first-order valence-electron chi connectivity index (χ1n) is 9.30. The minimum atomic E-state index is -0.414. The summed E-state index contributed by atoms with van der Waals surface area (Å²) >= 11 is 0. The molecule has 0 unspecified atom stereocenters. The van der Waals surface area contributed by atoms with Crippen molar-refractivity contribution in [2.45, 2.75) is 0 Å². The summed E-state index contributed by atoms with van der Waals surface area (Å²) < 4.78 is 18.7. The van der Waals surface area contributed by atoms with E-state index in [-0.39, 0.29) is 5.69 Å². The summed E-state index contributed by atoms with van der Waals surface area (Å²) in [5, 5.41) is 11.3. The Bertz CT molecular complexity index is 1380. The third kappa shape index (κ3) is 3.24. The van der Waals surface area contributed by atoms with E-state index in [0.717, 1.165) is 22.5 Å². The molecule has 1 aromatic carbocycles. The molecule has 30 heavy (non-hydrogen) atoms. The largest absolute Gasteiger partial charge is 0.320 e. The predicted octanol–water partition coefficient (Wildman–Crippen LogP) is 3.92. The van der Waals surface area contributed by atoms with Crippen molar-refractivity contribution in [2.75, 3.05) is 5.32 Å². The monoisotopic (exact) mass is 400 g/mol. The summed E-state index contributed by atoms with van der Waals surface area (Å²) in [6.07, 6.45) is 7.50. The summed E-state index contributed by atoms with van der Waals surface area (Å²) in [5.41, 5.74) is 3.64. The van der Waals surface area contributed by atoms with Gasteiger partial charge < -0.3 is 9.72 Å². The number of rotatable bonds is 4. The molecule has 4 aromatic heterocycles. The highest BCUT2D eigenvalue weighted by Crippen LogP contribution is 2.22. The minimum absolute atomic E-state index is 0.234. The van der Waals surface area contributed by atoms with Crippen molar-refractivity contribution in [3.63, 3.8) is 0 Å². The SMILES string of the molecule is Cn1cc(-c2ccc3ccc(-n4ccc(C(=O)Nc5cccc(F)c5)n4)n3c2)cn1. The maximum absolute atomic E-state index is 13.3. The van der Waals surface area contributed by atoms with Gasteiger partial charge in [-0.25, -0.2) is 9.07 Å². The summed E-state index contributed by atoms with van der Waals surface area (Å²) in [7, 11) is 1.88. The van der Waals surface area contributed by atoms with Gasteiger partial charge in [0.05, 0.1) is 6.20 Å². The van der Waals surface area contributed by atoms with Crippen LogP contribution in [0.1, 0.15) is 10.5 Å². The van der Waals surface area contributed by atoms with Crippen LogP contribution in [-0.2, 0) is 7.05 Å². The summed E-state index contributed by atoms with van der Waals surface area (Å²) in [5.74, 6) is -0.0285. The van der Waals surface area contributed by atoms with Crippen LogP contribution in [0, 0.1) is 5.82 Å². The zero-order valence-corrected chi connectivity index (χ0v) is 16.0. The second kappa shape index (κ2) is 7.00. The van der Waals surface area contributed by atoms with E-state index in [2.05, 4.69) is 15.5 Å². The van der Waals surface area contributed by atoms with Crippen LogP contribution in [0.4, 0.5) is 10.1 Å². The molecule has 0 aliphatic carbocycles. The van der Waals surface area contributed by atoms with Crippen LogP contribution >= 0.6 is 0 Å². The van der Waals surface area contributed by atoms with Crippen LogP contribution in [0.25, 0.3) is 22.5 Å². The van der Waals surface area contributed by atoms with E-state index in [1.807, 2.05) is 54.3 Å². The average Bonchev–Trinajstić information content (AvgIpc) is 3.46. The minimum Gasteiger partial charge on any atom is -0.320 e. The highest BCUT2D eigenvalue weighted by atomic mass is 19.1. The molecule has 8 heteroatoms. The van der Waals surface area contributed by atoms with Crippen LogP contribution in [0.2, 0.25) is 0 Å². The molecule has 5 rings (SSSR count). The van der Waals surface area contributed by atoms with Gasteiger partial charge in [-0.15, -0.1) is 0 Å². The van der Waals surface area contributed by atoms with Crippen LogP contribution in [-0.4, -0.2) is 29.9 Å². The Hall–Kier alpha value is -4.20. The molecule has 0 saturated heterocycles. The van der Waals surface area contributed by atoms with E-state index >= 15 is 0 Å². The molecule has 7 nitrogen and oxygen atoms in total. The van der Waals surface area contributed by atoms with E-state index in [0.29, 0.717) is 5.69 Å². The number of benzene rings is 1. The number of nitrogens with zero attached hydrogens (tertiary/aromatic N) is 5. The van der Waals surface area contributed by atoms with Gasteiger partial charge >= 0.3 is 0 Å². The van der Waals surface area contributed by atoms with Crippen molar-refractivity contribution < 1.29 is 9.18 Å². The smallest absolute Gasteiger partial charge is 0.276 e. The number of hydrogen-bond acceptors (Lipinski definition) is 3. The zero-order valence-electron chi connectivity index (χ0n) is 16.0. The number of aromatic nitrogens is 5. The number of aryl methyl sites for hydroxylation is 1. The molecule has 0 aliphatic heterocycles. The van der Waals surface area contributed by atoms with Crippen molar-refractivity contribution >= 4 is 17.1 Å². The standard InChI is InChI=1S/C22H17FN6O/c1-27-13-16(12-24-27)15-5-6-19-7-8-21(28(19)14-15)29-10-9-20(26-29)22(30)25-18-4-2-3-17(23)11-18/h2-14H,1H3,(H,25,30). The highest BCUT2D eigenvalue weighted by molar-refractivity contribution is 6.02. The number of nitrogens with one attached hydrogen (secondary N) is 1. The Morgan fingerprint density at radius 3 is 2.70 bits per heavy atom. The molecule has 0 radical (unpaired) electrons. The second-order valence-electron chi connectivity index (χ2n) is 6.92. The third-order valence-corrected chi connectivity index (χ3v) is 4.81. The van der Waals surface area contributed by atoms with Crippen LogP contribution in [0.15, 0.2) is 79.4 Å². The highest BCUT2D eigenvalue weighted by Gasteiger charge is 2.13. The number of anilines is 1. The Morgan fingerprint density at radius 2 is 1.90 bits per heavy atom. The topological polar surface area (TPSA) is 69.2 Å². The molecule has 1 N–H and O–H groups in total. The first-order chi connectivity index (χ1) is 14.6. The molecular formula is C22H17FN6O. The number of halogens is 1. The van der Waals surface area contributed by atoms with E-state index in [4.69, 9.17) is 0 Å². The summed E-state index contributed by atoms with van der Waals surface area (Å²) in [6, 6.07) is 15.3. The van der Waals surface area contributed by atoms with Gasteiger partial charge in [-0.1, -0.05) is 12.1 Å². The lowest BCUT2D eigenvalue weighted by Gasteiger charge is -2.06. The summed E-state index contributed by atoms with van der Waals surface area (Å²) in [6.45, 7) is 0. The molecule has 148 valence electrons. The van der Waals surface area contributed by atoms with E-state index in [1.54, 1.807) is 27.7 Å². The Kier molecular flexibility index (Phi) is 4.17. The molecule has 0 fully saturated rings. The maximum atomic E-state index is 13.3. The number of carbonyl (C=O) groups is 1. The fraction of sp³-hybridized carbons (Fsp3) is 0.0455. The molecule has 0 atom stereocenters. The van der Waals surface area contributed by atoms with Crippen molar-refractivity contribution in [1.29, 1.82) is 0 Å². The van der Waals surface area contributed by atoms with Crippen molar-refractivity contribution in [3.8, 4) is 16.9 Å². The van der Waals surface area contributed by atoms with Gasteiger partial charge in [0, 0.05) is 48.0 Å². The average molecular weight is 400 g/mol. The summed E-state index contributed by atoms with van der Waals surface area (Å²) in [4.78, 5) is 12.5. The first-order valence-corrected chi connectivity index (χ1v) is 9.30. The van der Waals surface area contributed by atoms with E-state index < -0.39 is 11.7 Å². The lowest BCUT2D eigenvalue weighted by molar-refractivity contribution is 0.102.